The number of nitrogens with two attached hydrogens (primary N) is 1. The van der Waals surface area contributed by atoms with E-state index < -0.39 is 30.6 Å². The van der Waals surface area contributed by atoms with Gasteiger partial charge >= 0.3 is 0 Å². The van der Waals surface area contributed by atoms with E-state index in [1.54, 1.807) is 0 Å². The highest BCUT2D eigenvalue weighted by Gasteiger charge is 2.43. The Kier molecular flexibility index (Phi) is 6.73. The summed E-state index contributed by atoms with van der Waals surface area (Å²) in [5.74, 6) is 0. The fourth-order valence-electron chi connectivity index (χ4n) is 2.93. The van der Waals surface area contributed by atoms with Gasteiger partial charge in [0.25, 0.3) is 0 Å². The Morgan fingerprint density at radius 1 is 0.885 bits per heavy atom. The molecule has 1 unspecified atom stereocenters. The lowest BCUT2D eigenvalue weighted by atomic mass is 9.97. The smallest absolute Gasteiger partial charge is 0.173 e. The average Bonchev–Trinajstić information content (AvgIpc) is 2.67. The van der Waals surface area contributed by atoms with Crippen LogP contribution in [0, 0.1) is 0 Å². The zero-order valence-electron chi connectivity index (χ0n) is 14.5. The molecule has 26 heavy (non-hydrogen) atoms. The molecule has 0 spiro atoms. The summed E-state index contributed by atoms with van der Waals surface area (Å²) in [5.41, 5.74) is 7.94. The molecule has 6 nitrogen and oxygen atoms in total. The Morgan fingerprint density at radius 2 is 1.46 bits per heavy atom. The monoisotopic (exact) mass is 359 g/mol. The van der Waals surface area contributed by atoms with Crippen LogP contribution in [0.3, 0.4) is 0 Å². The molecule has 2 aromatic carbocycles. The third-order valence-electron chi connectivity index (χ3n) is 4.42. The average molecular weight is 359 g/mol. The molecule has 1 aliphatic heterocycles. The van der Waals surface area contributed by atoms with E-state index in [2.05, 4.69) is 0 Å². The van der Waals surface area contributed by atoms with Crippen LogP contribution < -0.4 is 5.73 Å². The maximum Gasteiger partial charge on any atom is 0.173 e. The maximum atomic E-state index is 10.6. The summed E-state index contributed by atoms with van der Waals surface area (Å²) in [5, 5.41) is 20.6. The first kappa shape index (κ1) is 19.0. The van der Waals surface area contributed by atoms with Gasteiger partial charge < -0.3 is 30.2 Å². The van der Waals surface area contributed by atoms with Gasteiger partial charge in [-0.2, -0.15) is 0 Å². The molecule has 140 valence electrons. The summed E-state index contributed by atoms with van der Waals surface area (Å²) >= 11 is 0. The Morgan fingerprint density at radius 3 is 2.08 bits per heavy atom. The first-order valence-electron chi connectivity index (χ1n) is 8.69. The van der Waals surface area contributed by atoms with Crippen molar-refractivity contribution < 1.29 is 24.4 Å². The van der Waals surface area contributed by atoms with Gasteiger partial charge in [0.05, 0.1) is 25.9 Å². The molecule has 0 aromatic heterocycles. The lowest BCUT2D eigenvalue weighted by molar-refractivity contribution is -0.262. The number of hydrogen-bond donors (Lipinski definition) is 3. The first-order chi connectivity index (χ1) is 12.6. The number of hydrogen-bond acceptors (Lipinski definition) is 6. The fourth-order valence-corrected chi connectivity index (χ4v) is 2.93. The quantitative estimate of drug-likeness (QED) is 0.688. The van der Waals surface area contributed by atoms with Crippen LogP contribution in [0.4, 0.5) is 0 Å². The van der Waals surface area contributed by atoms with E-state index in [9.17, 15) is 10.2 Å². The van der Waals surface area contributed by atoms with Crippen molar-refractivity contribution in [2.75, 3.05) is 6.61 Å². The van der Waals surface area contributed by atoms with Crippen molar-refractivity contribution in [3.63, 3.8) is 0 Å². The minimum absolute atomic E-state index is 0.130. The van der Waals surface area contributed by atoms with E-state index >= 15 is 0 Å². The van der Waals surface area contributed by atoms with E-state index in [1.165, 1.54) is 0 Å². The van der Waals surface area contributed by atoms with Gasteiger partial charge in [0.15, 0.2) is 6.29 Å². The van der Waals surface area contributed by atoms with E-state index in [0.29, 0.717) is 13.2 Å². The summed E-state index contributed by atoms with van der Waals surface area (Å²) in [6.07, 6.45) is -3.67. The molecule has 1 aliphatic rings. The Bertz CT molecular complexity index is 654. The van der Waals surface area contributed by atoms with E-state index in [0.717, 1.165) is 11.1 Å². The largest absolute Gasteiger partial charge is 0.388 e. The van der Waals surface area contributed by atoms with E-state index in [-0.39, 0.29) is 6.61 Å². The third-order valence-corrected chi connectivity index (χ3v) is 4.42. The third kappa shape index (κ3) is 4.88. The number of benzene rings is 2. The van der Waals surface area contributed by atoms with Gasteiger partial charge in [-0.05, 0) is 11.1 Å². The minimum Gasteiger partial charge on any atom is -0.388 e. The van der Waals surface area contributed by atoms with Crippen LogP contribution in [-0.4, -0.2) is 47.5 Å². The molecule has 0 bridgehead atoms. The topological polar surface area (TPSA) is 94.2 Å². The summed E-state index contributed by atoms with van der Waals surface area (Å²) in [6.45, 7) is 0.816. The Balaban J connectivity index is 1.55. The molecule has 0 radical (unpaired) electrons. The summed E-state index contributed by atoms with van der Waals surface area (Å²) in [6, 6.07) is 18.5. The van der Waals surface area contributed by atoms with Gasteiger partial charge in [-0.1, -0.05) is 60.7 Å². The van der Waals surface area contributed by atoms with Gasteiger partial charge in [0, 0.05) is 0 Å². The molecule has 1 fully saturated rings. The highest BCUT2D eigenvalue weighted by molar-refractivity contribution is 5.14. The molecule has 2 aromatic rings. The van der Waals surface area contributed by atoms with Crippen molar-refractivity contribution in [1.82, 2.24) is 0 Å². The molecule has 0 aliphatic carbocycles. The van der Waals surface area contributed by atoms with Crippen molar-refractivity contribution >= 4 is 0 Å². The molecule has 5 atom stereocenters. The van der Waals surface area contributed by atoms with Crippen molar-refractivity contribution in [3.05, 3.63) is 71.8 Å². The lowest BCUT2D eigenvalue weighted by Crippen LogP contribution is -2.62. The first-order valence-corrected chi connectivity index (χ1v) is 8.69. The second-order valence-corrected chi connectivity index (χ2v) is 6.39. The number of rotatable bonds is 7. The van der Waals surface area contributed by atoms with Crippen LogP contribution >= 0.6 is 0 Å². The van der Waals surface area contributed by atoms with E-state index in [4.69, 9.17) is 19.9 Å². The highest BCUT2D eigenvalue weighted by atomic mass is 16.6. The van der Waals surface area contributed by atoms with Crippen LogP contribution in [0.25, 0.3) is 0 Å². The summed E-state index contributed by atoms with van der Waals surface area (Å²) < 4.78 is 16.8. The summed E-state index contributed by atoms with van der Waals surface area (Å²) in [7, 11) is 0. The predicted molar refractivity (Wildman–Crippen MR) is 96.0 cm³/mol. The summed E-state index contributed by atoms with van der Waals surface area (Å²) in [4.78, 5) is 0. The molecule has 6 heteroatoms. The van der Waals surface area contributed by atoms with Gasteiger partial charge in [0.2, 0.25) is 0 Å². The Hall–Kier alpha value is -1.80. The van der Waals surface area contributed by atoms with E-state index in [1.807, 2.05) is 60.7 Å². The van der Waals surface area contributed by atoms with Crippen LogP contribution in [0.2, 0.25) is 0 Å². The van der Waals surface area contributed by atoms with Crippen LogP contribution in [0.1, 0.15) is 11.1 Å². The zero-order valence-corrected chi connectivity index (χ0v) is 14.5. The number of ether oxygens (including phenoxy) is 3. The molecule has 1 heterocycles. The molecule has 0 amide bonds. The lowest BCUT2D eigenvalue weighted by Gasteiger charge is -2.41. The van der Waals surface area contributed by atoms with Gasteiger partial charge in [-0.3, -0.25) is 0 Å². The molecule has 4 N–H and O–H groups in total. The van der Waals surface area contributed by atoms with Crippen LogP contribution in [-0.2, 0) is 27.4 Å². The highest BCUT2D eigenvalue weighted by Crippen LogP contribution is 2.23. The van der Waals surface area contributed by atoms with Gasteiger partial charge in [-0.15, -0.1) is 0 Å². The zero-order chi connectivity index (χ0) is 18.4. The normalized spacial score (nSPS) is 28.8. The SMILES string of the molecule is N[C@H]1C(O)O[C@H](COCc2ccccc2)[C@@H](O)[C@@H]1OCc1ccccc1. The number of aliphatic hydroxyl groups is 2. The van der Waals surface area contributed by atoms with Crippen LogP contribution in [0.5, 0.6) is 0 Å². The maximum absolute atomic E-state index is 10.6. The molecule has 0 saturated carbocycles. The second-order valence-electron chi connectivity index (χ2n) is 6.39. The molecule has 1 saturated heterocycles. The Labute approximate surface area is 153 Å². The minimum atomic E-state index is -1.22. The van der Waals surface area contributed by atoms with Gasteiger partial charge in [-0.25, -0.2) is 0 Å². The van der Waals surface area contributed by atoms with Crippen molar-refractivity contribution in [2.24, 2.45) is 5.73 Å². The molecule has 3 rings (SSSR count). The predicted octanol–water partition coefficient (Wildman–Crippen LogP) is 1.19. The number of aliphatic hydroxyl groups excluding tert-OH is 2. The molecular formula is C20H25NO5. The van der Waals surface area contributed by atoms with Crippen molar-refractivity contribution in [1.29, 1.82) is 0 Å². The second kappa shape index (κ2) is 9.23. The fraction of sp³-hybridized carbons (Fsp3) is 0.400. The van der Waals surface area contributed by atoms with Crippen LogP contribution in [0.15, 0.2) is 60.7 Å². The van der Waals surface area contributed by atoms with Crippen molar-refractivity contribution in [3.8, 4) is 0 Å². The molecular weight excluding hydrogens is 334 g/mol. The van der Waals surface area contributed by atoms with Gasteiger partial charge in [0.1, 0.15) is 18.3 Å². The standard InChI is InChI=1S/C20H25NO5/c21-17-19(25-12-15-9-5-2-6-10-15)18(22)16(26-20(17)23)13-24-11-14-7-3-1-4-8-14/h1-10,16-20,22-23H,11-13,21H2/t16-,17-,18-,19-,20?/m1/s1. The van der Waals surface area contributed by atoms with Crippen molar-refractivity contribution in [2.45, 2.75) is 43.9 Å².